The molecule has 5 N–H and O–H groups in total. The van der Waals surface area contributed by atoms with Gasteiger partial charge in [-0.25, -0.2) is 4.98 Å². The number of likely N-dealkylation sites (tertiary alicyclic amines) is 1. The first kappa shape index (κ1) is 18.3. The van der Waals surface area contributed by atoms with Gasteiger partial charge in [0.25, 0.3) is 0 Å². The Hall–Kier alpha value is -2.49. The number of rotatable bonds is 6. The molecular formula is C16H22N6O3S. The van der Waals surface area contributed by atoms with E-state index in [1.54, 1.807) is 11.1 Å². The van der Waals surface area contributed by atoms with Crippen LogP contribution < -0.4 is 16.4 Å². The van der Waals surface area contributed by atoms with E-state index in [0.29, 0.717) is 19.4 Å². The van der Waals surface area contributed by atoms with E-state index in [9.17, 15) is 14.4 Å². The third-order valence-corrected chi connectivity index (χ3v) is 5.04. The predicted molar refractivity (Wildman–Crippen MR) is 96.9 cm³/mol. The fraction of sp³-hybridized carbons (Fsp3) is 0.562. The molecule has 26 heavy (non-hydrogen) atoms. The van der Waals surface area contributed by atoms with Gasteiger partial charge in [-0.3, -0.25) is 14.4 Å². The van der Waals surface area contributed by atoms with E-state index in [0.717, 1.165) is 18.5 Å². The maximum absolute atomic E-state index is 13.1. The summed E-state index contributed by atoms with van der Waals surface area (Å²) in [6, 6.07) is -1.68. The van der Waals surface area contributed by atoms with Crippen LogP contribution in [0.1, 0.15) is 31.4 Å². The van der Waals surface area contributed by atoms with Crippen molar-refractivity contribution >= 4 is 34.9 Å². The molecule has 2 aliphatic rings. The fourth-order valence-electron chi connectivity index (χ4n) is 3.43. The summed E-state index contributed by atoms with van der Waals surface area (Å²) in [5.41, 5.74) is 6.49. The van der Waals surface area contributed by atoms with Crippen molar-refractivity contribution in [2.45, 2.75) is 50.2 Å². The van der Waals surface area contributed by atoms with Crippen LogP contribution in [0.25, 0.3) is 0 Å². The molecule has 3 atom stereocenters. The number of nitrogens with zero attached hydrogens (tertiary/aromatic N) is 2. The summed E-state index contributed by atoms with van der Waals surface area (Å²) in [6.45, 7) is 0.552. The summed E-state index contributed by atoms with van der Waals surface area (Å²) in [4.78, 5) is 45.7. The van der Waals surface area contributed by atoms with Gasteiger partial charge < -0.3 is 26.3 Å². The Morgan fingerprint density at radius 1 is 1.46 bits per heavy atom. The van der Waals surface area contributed by atoms with Crippen LogP contribution in [-0.2, 0) is 20.8 Å². The highest BCUT2D eigenvalue weighted by Crippen LogP contribution is 2.19. The van der Waals surface area contributed by atoms with Crippen LogP contribution in [0.4, 0.5) is 0 Å². The molecule has 2 aliphatic heterocycles. The molecule has 0 saturated carbocycles. The number of aromatic nitrogens is 2. The molecule has 9 nitrogen and oxygen atoms in total. The van der Waals surface area contributed by atoms with Gasteiger partial charge in [0.05, 0.1) is 17.4 Å². The zero-order valence-corrected chi connectivity index (χ0v) is 15.1. The molecule has 0 bridgehead atoms. The van der Waals surface area contributed by atoms with Gasteiger partial charge in [0.2, 0.25) is 17.7 Å². The van der Waals surface area contributed by atoms with Gasteiger partial charge in [0, 0.05) is 31.3 Å². The quantitative estimate of drug-likeness (QED) is 0.469. The van der Waals surface area contributed by atoms with E-state index in [1.807, 2.05) is 0 Å². The second-order valence-electron chi connectivity index (χ2n) is 6.59. The van der Waals surface area contributed by atoms with Crippen molar-refractivity contribution in [1.29, 1.82) is 0 Å². The number of hydrogen-bond donors (Lipinski definition) is 4. The van der Waals surface area contributed by atoms with Crippen LogP contribution in [0.5, 0.6) is 0 Å². The number of nitrogens with two attached hydrogens (primary N) is 1. The lowest BCUT2D eigenvalue weighted by Crippen LogP contribution is -2.55. The van der Waals surface area contributed by atoms with Gasteiger partial charge in [-0.15, -0.1) is 0 Å². The van der Waals surface area contributed by atoms with Gasteiger partial charge in [0.1, 0.15) is 12.1 Å². The van der Waals surface area contributed by atoms with Gasteiger partial charge in [0.15, 0.2) is 0 Å². The monoisotopic (exact) mass is 378 g/mol. The number of hydrogen-bond acceptors (Lipinski definition) is 5. The lowest BCUT2D eigenvalue weighted by atomic mass is 10.1. The van der Waals surface area contributed by atoms with E-state index >= 15 is 0 Å². The summed E-state index contributed by atoms with van der Waals surface area (Å²) in [6.07, 6.45) is 5.68. The summed E-state index contributed by atoms with van der Waals surface area (Å²) in [5.74, 6) is -0.748. The standard InChI is InChI=1S/C16H22N6O3S/c17-14(26)12-2-1-5-22(12)16(25)11(6-9-7-18-8-19-9)21-15(24)10-3-4-13(23)20-10/h7-8,10-12H,1-6H2,(H2,17,26)(H,18,19)(H,20,23)(H,21,24)/t10-,11-,12-/m0/s1. The number of imidazole rings is 1. The number of nitrogens with one attached hydrogen (secondary N) is 3. The minimum Gasteiger partial charge on any atom is -0.392 e. The third-order valence-electron chi connectivity index (χ3n) is 4.77. The number of H-pyrrole nitrogens is 1. The summed E-state index contributed by atoms with van der Waals surface area (Å²) < 4.78 is 0. The normalized spacial score (nSPS) is 23.5. The highest BCUT2D eigenvalue weighted by atomic mass is 32.1. The van der Waals surface area contributed by atoms with Crippen LogP contribution in [0.15, 0.2) is 12.5 Å². The second-order valence-corrected chi connectivity index (χ2v) is 7.06. The molecule has 3 rings (SSSR count). The van der Waals surface area contributed by atoms with E-state index in [4.69, 9.17) is 18.0 Å². The Labute approximate surface area is 156 Å². The Kier molecular flexibility index (Phi) is 5.50. The molecule has 0 spiro atoms. The molecule has 2 fully saturated rings. The van der Waals surface area contributed by atoms with E-state index in [-0.39, 0.29) is 35.2 Å². The Balaban J connectivity index is 1.74. The maximum atomic E-state index is 13.1. The zero-order chi connectivity index (χ0) is 18.7. The largest absolute Gasteiger partial charge is 0.392 e. The van der Waals surface area contributed by atoms with Crippen molar-refractivity contribution in [2.24, 2.45) is 5.73 Å². The molecule has 1 aromatic heterocycles. The Bertz CT molecular complexity index is 707. The molecule has 0 aromatic carbocycles. The summed E-state index contributed by atoms with van der Waals surface area (Å²) >= 11 is 5.08. The highest BCUT2D eigenvalue weighted by molar-refractivity contribution is 7.80. The topological polar surface area (TPSA) is 133 Å². The van der Waals surface area contributed by atoms with Gasteiger partial charge in [-0.2, -0.15) is 0 Å². The average molecular weight is 378 g/mol. The molecule has 3 heterocycles. The first-order valence-electron chi connectivity index (χ1n) is 8.62. The lowest BCUT2D eigenvalue weighted by molar-refractivity contribution is -0.136. The Morgan fingerprint density at radius 3 is 2.88 bits per heavy atom. The highest BCUT2D eigenvalue weighted by Gasteiger charge is 2.37. The van der Waals surface area contributed by atoms with E-state index in [2.05, 4.69) is 20.6 Å². The van der Waals surface area contributed by atoms with E-state index in [1.165, 1.54) is 6.33 Å². The van der Waals surface area contributed by atoms with Crippen molar-refractivity contribution in [1.82, 2.24) is 25.5 Å². The first-order chi connectivity index (χ1) is 12.5. The Morgan fingerprint density at radius 2 is 2.27 bits per heavy atom. The molecular weight excluding hydrogens is 356 g/mol. The summed E-state index contributed by atoms with van der Waals surface area (Å²) in [7, 11) is 0. The molecule has 0 aliphatic carbocycles. The SMILES string of the molecule is NC(=S)[C@@H]1CCCN1C(=O)[C@H](Cc1cnc[nH]1)NC(=O)[C@@H]1CCC(=O)N1. The third kappa shape index (κ3) is 4.01. The zero-order valence-electron chi connectivity index (χ0n) is 14.2. The van der Waals surface area contributed by atoms with Crippen molar-refractivity contribution in [2.75, 3.05) is 6.54 Å². The maximum Gasteiger partial charge on any atom is 0.246 e. The molecule has 10 heteroatoms. The van der Waals surface area contributed by atoms with Gasteiger partial charge >= 0.3 is 0 Å². The number of thiocarbonyl (C=S) groups is 1. The van der Waals surface area contributed by atoms with Crippen LogP contribution in [-0.4, -0.2) is 62.2 Å². The van der Waals surface area contributed by atoms with Crippen LogP contribution in [0.2, 0.25) is 0 Å². The number of amides is 3. The molecule has 140 valence electrons. The van der Waals surface area contributed by atoms with Crippen molar-refractivity contribution < 1.29 is 14.4 Å². The first-order valence-corrected chi connectivity index (χ1v) is 9.03. The van der Waals surface area contributed by atoms with Crippen molar-refractivity contribution in [3.63, 3.8) is 0 Å². The van der Waals surface area contributed by atoms with Crippen LogP contribution in [0.3, 0.4) is 0 Å². The number of carbonyl (C=O) groups is 3. The number of carbonyl (C=O) groups excluding carboxylic acids is 3. The van der Waals surface area contributed by atoms with E-state index < -0.39 is 12.1 Å². The fourth-order valence-corrected chi connectivity index (χ4v) is 3.67. The average Bonchev–Trinajstić information content (AvgIpc) is 3.34. The van der Waals surface area contributed by atoms with Crippen molar-refractivity contribution in [3.05, 3.63) is 18.2 Å². The summed E-state index contributed by atoms with van der Waals surface area (Å²) in [5, 5.41) is 5.39. The molecule has 0 radical (unpaired) electrons. The lowest BCUT2D eigenvalue weighted by Gasteiger charge is -2.29. The number of aromatic amines is 1. The minimum atomic E-state index is -0.782. The van der Waals surface area contributed by atoms with Crippen molar-refractivity contribution in [3.8, 4) is 0 Å². The minimum absolute atomic E-state index is 0.158. The molecule has 2 saturated heterocycles. The van der Waals surface area contributed by atoms with Crippen LogP contribution in [0, 0.1) is 0 Å². The molecule has 0 unspecified atom stereocenters. The van der Waals surface area contributed by atoms with Crippen LogP contribution >= 0.6 is 12.2 Å². The van der Waals surface area contributed by atoms with Gasteiger partial charge in [-0.05, 0) is 19.3 Å². The second kappa shape index (κ2) is 7.81. The van der Waals surface area contributed by atoms with Gasteiger partial charge in [-0.1, -0.05) is 12.2 Å². The molecule has 1 aromatic rings. The smallest absolute Gasteiger partial charge is 0.246 e. The molecule has 3 amide bonds. The predicted octanol–water partition coefficient (Wildman–Crippen LogP) is -1.01.